The van der Waals surface area contributed by atoms with Crippen LogP contribution >= 0.6 is 22.9 Å². The van der Waals surface area contributed by atoms with E-state index in [2.05, 4.69) is 4.98 Å². The summed E-state index contributed by atoms with van der Waals surface area (Å²) in [5.74, 6) is -0.294. The number of carbonyl (C=O) groups excluding carboxylic acids is 2. The summed E-state index contributed by atoms with van der Waals surface area (Å²) >= 11 is 7.27. The lowest BCUT2D eigenvalue weighted by Crippen LogP contribution is -2.14. The number of ether oxygens (including phenoxy) is 2. The fourth-order valence-corrected chi connectivity index (χ4v) is 3.16. The molecule has 0 bridgehead atoms. The minimum atomic E-state index is -0.642. The summed E-state index contributed by atoms with van der Waals surface area (Å²) in [6, 6.07) is 13.8. The second kappa shape index (κ2) is 8.12. The van der Waals surface area contributed by atoms with E-state index in [1.54, 1.807) is 48.9 Å². The molecule has 132 valence electrons. The molecular formula is C19H14ClNO4S. The van der Waals surface area contributed by atoms with Crippen LogP contribution in [0.5, 0.6) is 5.75 Å². The maximum atomic E-state index is 12.1. The molecule has 0 spiro atoms. The number of aromatic nitrogens is 1. The van der Waals surface area contributed by atoms with E-state index in [0.29, 0.717) is 21.3 Å². The van der Waals surface area contributed by atoms with Gasteiger partial charge < -0.3 is 9.47 Å². The Morgan fingerprint density at radius 1 is 1.15 bits per heavy atom. The highest BCUT2D eigenvalue weighted by Crippen LogP contribution is 2.26. The van der Waals surface area contributed by atoms with Gasteiger partial charge in [0.1, 0.15) is 10.8 Å². The Balaban J connectivity index is 1.62. The van der Waals surface area contributed by atoms with Gasteiger partial charge in [0.25, 0.3) is 0 Å². The van der Waals surface area contributed by atoms with Gasteiger partial charge in [-0.2, -0.15) is 0 Å². The Kier molecular flexibility index (Phi) is 5.65. The van der Waals surface area contributed by atoms with Gasteiger partial charge in [0.2, 0.25) is 0 Å². The van der Waals surface area contributed by atoms with Gasteiger partial charge in [-0.3, -0.25) is 4.79 Å². The molecule has 1 heterocycles. The smallest absolute Gasteiger partial charge is 0.358 e. The highest BCUT2D eigenvalue weighted by molar-refractivity contribution is 7.13. The third-order valence-electron chi connectivity index (χ3n) is 3.53. The zero-order chi connectivity index (χ0) is 18.5. The Hall–Kier alpha value is -2.70. The van der Waals surface area contributed by atoms with Crippen LogP contribution in [0, 0.1) is 0 Å². The van der Waals surface area contributed by atoms with Crippen molar-refractivity contribution in [3.8, 4) is 16.3 Å². The molecule has 0 atom stereocenters. The van der Waals surface area contributed by atoms with Gasteiger partial charge in [-0.1, -0.05) is 23.7 Å². The van der Waals surface area contributed by atoms with E-state index in [9.17, 15) is 9.59 Å². The van der Waals surface area contributed by atoms with Gasteiger partial charge in [-0.25, -0.2) is 9.78 Å². The molecule has 0 amide bonds. The van der Waals surface area contributed by atoms with Crippen molar-refractivity contribution < 1.29 is 19.1 Å². The zero-order valence-corrected chi connectivity index (χ0v) is 15.3. The number of ketones is 1. The van der Waals surface area contributed by atoms with Gasteiger partial charge in [0.15, 0.2) is 18.1 Å². The second-order valence-corrected chi connectivity index (χ2v) is 6.57. The van der Waals surface area contributed by atoms with E-state index in [1.165, 1.54) is 11.3 Å². The number of carbonyl (C=O) groups is 2. The molecule has 0 aliphatic rings. The number of rotatable bonds is 6. The number of hydrogen-bond acceptors (Lipinski definition) is 6. The maximum Gasteiger partial charge on any atom is 0.358 e. The molecule has 7 heteroatoms. The van der Waals surface area contributed by atoms with Crippen LogP contribution in [-0.2, 0) is 4.74 Å². The highest BCUT2D eigenvalue weighted by Gasteiger charge is 2.16. The molecule has 26 heavy (non-hydrogen) atoms. The first-order valence-electron chi connectivity index (χ1n) is 7.62. The minimum absolute atomic E-state index is 0.160. The number of halogens is 1. The fraction of sp³-hybridized carbons (Fsp3) is 0.105. The van der Waals surface area contributed by atoms with Gasteiger partial charge in [-0.15, -0.1) is 11.3 Å². The molecule has 5 nitrogen and oxygen atoms in total. The van der Waals surface area contributed by atoms with E-state index < -0.39 is 5.97 Å². The van der Waals surface area contributed by atoms with Gasteiger partial charge >= 0.3 is 5.97 Å². The summed E-state index contributed by atoms with van der Waals surface area (Å²) in [6.07, 6.45) is 0. The van der Waals surface area contributed by atoms with Crippen molar-refractivity contribution in [2.24, 2.45) is 0 Å². The lowest BCUT2D eigenvalue weighted by Gasteiger charge is -2.04. The van der Waals surface area contributed by atoms with E-state index in [4.69, 9.17) is 21.1 Å². The maximum absolute atomic E-state index is 12.1. The molecule has 3 rings (SSSR count). The lowest BCUT2D eigenvalue weighted by molar-refractivity contribution is 0.0470. The number of thiazole rings is 1. The van der Waals surface area contributed by atoms with Gasteiger partial charge in [0, 0.05) is 21.5 Å². The van der Waals surface area contributed by atoms with Crippen LogP contribution in [0.2, 0.25) is 5.02 Å². The predicted octanol–water partition coefficient (Wildman–Crippen LogP) is 4.51. The average Bonchev–Trinajstić information content (AvgIpc) is 3.16. The summed E-state index contributed by atoms with van der Waals surface area (Å²) in [4.78, 5) is 28.5. The molecule has 0 aliphatic heterocycles. The van der Waals surface area contributed by atoms with Crippen molar-refractivity contribution in [2.75, 3.05) is 13.7 Å². The van der Waals surface area contributed by atoms with Crippen molar-refractivity contribution >= 4 is 34.7 Å². The standard InChI is InChI=1S/C19H14ClNO4S/c1-24-15-7-5-12(6-8-15)17(22)10-25-19(23)16-11-26-18(21-16)13-3-2-4-14(20)9-13/h2-9,11H,10H2,1H3. The predicted molar refractivity (Wildman–Crippen MR) is 100 cm³/mol. The quantitative estimate of drug-likeness (QED) is 0.460. The van der Waals surface area contributed by atoms with Crippen molar-refractivity contribution in [3.63, 3.8) is 0 Å². The second-order valence-electron chi connectivity index (χ2n) is 5.28. The van der Waals surface area contributed by atoms with Crippen LogP contribution in [0.1, 0.15) is 20.8 Å². The van der Waals surface area contributed by atoms with Gasteiger partial charge in [0.05, 0.1) is 7.11 Å². The van der Waals surface area contributed by atoms with Crippen molar-refractivity contribution in [3.05, 3.63) is 70.2 Å². The molecule has 1 aromatic heterocycles. The first kappa shape index (κ1) is 18.1. The van der Waals surface area contributed by atoms with E-state index in [1.807, 2.05) is 12.1 Å². The molecule has 0 unspecified atom stereocenters. The molecule has 0 aliphatic carbocycles. The third kappa shape index (κ3) is 4.28. The van der Waals surface area contributed by atoms with Gasteiger partial charge in [-0.05, 0) is 36.4 Å². The van der Waals surface area contributed by atoms with Crippen LogP contribution in [0.3, 0.4) is 0 Å². The summed E-state index contributed by atoms with van der Waals surface area (Å²) < 4.78 is 10.1. The van der Waals surface area contributed by atoms with E-state index in [-0.39, 0.29) is 18.1 Å². The lowest BCUT2D eigenvalue weighted by atomic mass is 10.1. The molecule has 0 fully saturated rings. The van der Waals surface area contributed by atoms with Crippen LogP contribution in [-0.4, -0.2) is 30.5 Å². The van der Waals surface area contributed by atoms with Crippen LogP contribution in [0.4, 0.5) is 0 Å². The third-order valence-corrected chi connectivity index (χ3v) is 4.66. The molecule has 0 N–H and O–H groups in total. The molecule has 0 radical (unpaired) electrons. The number of hydrogen-bond donors (Lipinski definition) is 0. The monoisotopic (exact) mass is 387 g/mol. The highest BCUT2D eigenvalue weighted by atomic mass is 35.5. The van der Waals surface area contributed by atoms with Crippen molar-refractivity contribution in [2.45, 2.75) is 0 Å². The minimum Gasteiger partial charge on any atom is -0.497 e. The van der Waals surface area contributed by atoms with E-state index in [0.717, 1.165) is 5.56 Å². The molecule has 2 aromatic carbocycles. The van der Waals surface area contributed by atoms with Crippen LogP contribution in [0.15, 0.2) is 53.9 Å². The topological polar surface area (TPSA) is 65.5 Å². The largest absolute Gasteiger partial charge is 0.497 e. The van der Waals surface area contributed by atoms with E-state index >= 15 is 0 Å². The Morgan fingerprint density at radius 2 is 1.92 bits per heavy atom. The first-order valence-corrected chi connectivity index (χ1v) is 8.88. The summed E-state index contributed by atoms with van der Waals surface area (Å²) in [5.41, 5.74) is 1.42. The molecular weight excluding hydrogens is 374 g/mol. The summed E-state index contributed by atoms with van der Waals surface area (Å²) in [5, 5.41) is 2.84. The van der Waals surface area contributed by atoms with Crippen molar-refractivity contribution in [1.29, 1.82) is 0 Å². The first-order chi connectivity index (χ1) is 12.6. The Labute approximate surface area is 159 Å². The number of methoxy groups -OCH3 is 1. The molecule has 0 saturated heterocycles. The fourth-order valence-electron chi connectivity index (χ4n) is 2.19. The van der Waals surface area contributed by atoms with Crippen LogP contribution in [0.25, 0.3) is 10.6 Å². The number of benzene rings is 2. The zero-order valence-electron chi connectivity index (χ0n) is 13.8. The summed E-state index contributed by atoms with van der Waals surface area (Å²) in [6.45, 7) is -0.352. The number of Topliss-reactive ketones (excluding diaryl/α,β-unsaturated/α-hetero) is 1. The van der Waals surface area contributed by atoms with Crippen LogP contribution < -0.4 is 4.74 Å². The molecule has 3 aromatic rings. The molecule has 0 saturated carbocycles. The Morgan fingerprint density at radius 3 is 2.62 bits per heavy atom. The normalized spacial score (nSPS) is 10.4. The number of nitrogens with zero attached hydrogens (tertiary/aromatic N) is 1. The Bertz CT molecular complexity index is 937. The SMILES string of the molecule is COc1ccc(C(=O)COC(=O)c2csc(-c3cccc(Cl)c3)n2)cc1. The van der Waals surface area contributed by atoms with Crippen molar-refractivity contribution in [1.82, 2.24) is 4.98 Å². The average molecular weight is 388 g/mol. The summed E-state index contributed by atoms with van der Waals surface area (Å²) in [7, 11) is 1.55. The number of esters is 1.